The van der Waals surface area contributed by atoms with Crippen LogP contribution in [0.3, 0.4) is 0 Å². The first-order valence-electron chi connectivity index (χ1n) is 5.13. The maximum absolute atomic E-state index is 12.6. The normalized spacial score (nSPS) is 14.5. The highest BCUT2D eigenvalue weighted by Crippen LogP contribution is 2.37. The lowest BCUT2D eigenvalue weighted by Crippen LogP contribution is -2.19. The number of hydrogen-bond acceptors (Lipinski definition) is 2. The Labute approximate surface area is 105 Å². The van der Waals surface area contributed by atoms with Crippen molar-refractivity contribution in [2.24, 2.45) is 0 Å². The van der Waals surface area contributed by atoms with Crippen LogP contribution in [0.4, 0.5) is 26.3 Å². The number of nitrogens with one attached hydrogen (secondary N) is 1. The molecule has 8 heteroatoms. The quantitative estimate of drug-likeness (QED) is 0.671. The van der Waals surface area contributed by atoms with Gasteiger partial charge in [0.15, 0.2) is 0 Å². The molecule has 1 aromatic carbocycles. The van der Waals surface area contributed by atoms with E-state index >= 15 is 0 Å². The van der Waals surface area contributed by atoms with E-state index in [0.717, 1.165) is 0 Å². The molecule has 19 heavy (non-hydrogen) atoms. The van der Waals surface area contributed by atoms with Gasteiger partial charge in [-0.2, -0.15) is 31.8 Å². The van der Waals surface area contributed by atoms with Crippen LogP contribution >= 0.6 is 0 Å². The van der Waals surface area contributed by atoms with Crippen LogP contribution in [0.1, 0.15) is 29.7 Å². The molecule has 0 aliphatic rings. The Bertz CT molecular complexity index is 408. The summed E-state index contributed by atoms with van der Waals surface area (Å²) >= 11 is 0. The van der Waals surface area contributed by atoms with Crippen LogP contribution in [-0.4, -0.2) is 7.11 Å². The summed E-state index contributed by atoms with van der Waals surface area (Å²) in [7, 11) is 1.22. The Morgan fingerprint density at radius 2 is 1.37 bits per heavy atom. The number of alkyl halides is 6. The van der Waals surface area contributed by atoms with Crippen molar-refractivity contribution >= 4 is 0 Å². The van der Waals surface area contributed by atoms with E-state index in [4.69, 9.17) is 0 Å². The number of halogens is 6. The third-order valence-corrected chi connectivity index (χ3v) is 2.40. The largest absolute Gasteiger partial charge is 0.416 e. The molecule has 0 saturated heterocycles. The standard InChI is InChI=1S/C11H11F6NO/c1-6(18-19-2)7-3-8(10(12,13)14)5-9(4-7)11(15,16)17/h3-6,18H,1-2H3. The van der Waals surface area contributed by atoms with E-state index in [0.29, 0.717) is 12.1 Å². The van der Waals surface area contributed by atoms with E-state index in [-0.39, 0.29) is 11.6 Å². The molecule has 1 N–H and O–H groups in total. The molecule has 0 fully saturated rings. The molecule has 1 atom stereocenters. The monoisotopic (exact) mass is 287 g/mol. The van der Waals surface area contributed by atoms with Crippen molar-refractivity contribution in [3.8, 4) is 0 Å². The maximum Gasteiger partial charge on any atom is 0.416 e. The summed E-state index contributed by atoms with van der Waals surface area (Å²) in [6, 6.07) is 0.592. The average molecular weight is 287 g/mol. The Kier molecular flexibility index (Phi) is 4.46. The second-order valence-electron chi connectivity index (χ2n) is 3.88. The van der Waals surface area contributed by atoms with Gasteiger partial charge >= 0.3 is 12.4 Å². The van der Waals surface area contributed by atoms with Gasteiger partial charge in [-0.15, -0.1) is 0 Å². The van der Waals surface area contributed by atoms with Crippen molar-refractivity contribution in [2.45, 2.75) is 25.3 Å². The van der Waals surface area contributed by atoms with Gasteiger partial charge in [0.1, 0.15) is 0 Å². The highest BCUT2D eigenvalue weighted by Gasteiger charge is 2.37. The molecule has 2 nitrogen and oxygen atoms in total. The first-order valence-corrected chi connectivity index (χ1v) is 5.13. The van der Waals surface area contributed by atoms with Gasteiger partial charge in [-0.3, -0.25) is 0 Å². The predicted molar refractivity (Wildman–Crippen MR) is 55.0 cm³/mol. The van der Waals surface area contributed by atoms with Crippen molar-refractivity contribution in [3.05, 3.63) is 34.9 Å². The van der Waals surface area contributed by atoms with Crippen molar-refractivity contribution in [1.29, 1.82) is 0 Å². The number of hydroxylamine groups is 1. The van der Waals surface area contributed by atoms with E-state index in [1.807, 2.05) is 0 Å². The number of hydrogen-bond donors (Lipinski definition) is 1. The Balaban J connectivity index is 3.33. The third kappa shape index (κ3) is 4.10. The van der Waals surface area contributed by atoms with Gasteiger partial charge in [0.25, 0.3) is 0 Å². The van der Waals surface area contributed by atoms with Crippen molar-refractivity contribution in [3.63, 3.8) is 0 Å². The average Bonchev–Trinajstić information content (AvgIpc) is 2.26. The molecule has 1 aromatic rings. The fourth-order valence-corrected chi connectivity index (χ4v) is 1.47. The van der Waals surface area contributed by atoms with Crippen LogP contribution in [0.2, 0.25) is 0 Å². The highest BCUT2D eigenvalue weighted by atomic mass is 19.4. The predicted octanol–water partition coefficient (Wildman–Crippen LogP) is 3.94. The van der Waals surface area contributed by atoms with Gasteiger partial charge in [-0.1, -0.05) is 0 Å². The fraction of sp³-hybridized carbons (Fsp3) is 0.455. The van der Waals surface area contributed by atoms with Crippen LogP contribution in [0.5, 0.6) is 0 Å². The minimum Gasteiger partial charge on any atom is -0.305 e. The Morgan fingerprint density at radius 3 is 1.68 bits per heavy atom. The van der Waals surface area contributed by atoms with E-state index < -0.39 is 29.5 Å². The molecule has 0 heterocycles. The van der Waals surface area contributed by atoms with E-state index in [9.17, 15) is 26.3 Å². The van der Waals surface area contributed by atoms with Crippen LogP contribution in [0, 0.1) is 0 Å². The van der Waals surface area contributed by atoms with Gasteiger partial charge in [-0.25, -0.2) is 0 Å². The van der Waals surface area contributed by atoms with Gasteiger partial charge in [0.05, 0.1) is 24.3 Å². The molecular weight excluding hydrogens is 276 g/mol. The van der Waals surface area contributed by atoms with Crippen molar-refractivity contribution < 1.29 is 31.2 Å². The minimum atomic E-state index is -4.84. The van der Waals surface area contributed by atoms with E-state index in [2.05, 4.69) is 10.3 Å². The molecule has 1 unspecified atom stereocenters. The lowest BCUT2D eigenvalue weighted by molar-refractivity contribution is -0.143. The molecule has 108 valence electrons. The van der Waals surface area contributed by atoms with Crippen LogP contribution in [0.25, 0.3) is 0 Å². The molecule has 0 aromatic heterocycles. The molecule has 0 bridgehead atoms. The summed E-state index contributed by atoms with van der Waals surface area (Å²) in [5, 5.41) is 0. The summed E-state index contributed by atoms with van der Waals surface area (Å²) in [5.74, 6) is 0. The number of benzene rings is 1. The minimum absolute atomic E-state index is 0.0863. The van der Waals surface area contributed by atoms with Crippen molar-refractivity contribution in [1.82, 2.24) is 5.48 Å². The van der Waals surface area contributed by atoms with Crippen LogP contribution in [-0.2, 0) is 17.2 Å². The zero-order valence-electron chi connectivity index (χ0n) is 9.99. The van der Waals surface area contributed by atoms with E-state index in [1.54, 1.807) is 0 Å². The summed E-state index contributed by atoms with van der Waals surface area (Å²) < 4.78 is 75.4. The lowest BCUT2D eigenvalue weighted by atomic mass is 10.0. The summed E-state index contributed by atoms with van der Waals surface area (Å²) in [5.41, 5.74) is -0.569. The summed E-state index contributed by atoms with van der Waals surface area (Å²) in [4.78, 5) is 4.50. The van der Waals surface area contributed by atoms with Gasteiger partial charge in [0, 0.05) is 0 Å². The summed E-state index contributed by atoms with van der Waals surface area (Å²) in [6.07, 6.45) is -9.69. The molecule has 0 saturated carbocycles. The van der Waals surface area contributed by atoms with Gasteiger partial charge < -0.3 is 4.84 Å². The maximum atomic E-state index is 12.6. The molecule has 0 aliphatic heterocycles. The van der Waals surface area contributed by atoms with Crippen molar-refractivity contribution in [2.75, 3.05) is 7.11 Å². The van der Waals surface area contributed by atoms with Gasteiger partial charge in [-0.05, 0) is 30.7 Å². The second-order valence-corrected chi connectivity index (χ2v) is 3.88. The van der Waals surface area contributed by atoms with Gasteiger partial charge in [0.2, 0.25) is 0 Å². The molecule has 0 amide bonds. The summed E-state index contributed by atoms with van der Waals surface area (Å²) in [6.45, 7) is 1.39. The zero-order valence-corrected chi connectivity index (χ0v) is 9.99. The first-order chi connectivity index (χ1) is 8.55. The molecule has 1 rings (SSSR count). The lowest BCUT2D eigenvalue weighted by Gasteiger charge is -2.18. The first kappa shape index (κ1) is 15.8. The SMILES string of the molecule is CONC(C)c1cc(C(F)(F)F)cc(C(F)(F)F)c1. The molecule has 0 spiro atoms. The zero-order chi connectivity index (χ0) is 14.8. The molecular formula is C11H11F6NO. The smallest absolute Gasteiger partial charge is 0.305 e. The number of rotatable bonds is 3. The third-order valence-electron chi connectivity index (χ3n) is 2.40. The Hall–Kier alpha value is -1.28. The van der Waals surface area contributed by atoms with E-state index in [1.165, 1.54) is 14.0 Å². The fourth-order valence-electron chi connectivity index (χ4n) is 1.47. The van der Waals surface area contributed by atoms with Crippen LogP contribution in [0.15, 0.2) is 18.2 Å². The molecule has 0 aliphatic carbocycles. The Morgan fingerprint density at radius 1 is 0.947 bits per heavy atom. The van der Waals surface area contributed by atoms with Crippen LogP contribution < -0.4 is 5.48 Å². The molecule has 0 radical (unpaired) electrons. The highest BCUT2D eigenvalue weighted by molar-refractivity contribution is 5.35. The second kappa shape index (κ2) is 5.38. The topological polar surface area (TPSA) is 21.3 Å².